The SMILES string of the molecule is Cc1cc(CCN2CCN(C(=O)Oc3ccc(NC(=O)c4ccccc4)cn3)CC2)on1. The molecule has 0 unspecified atom stereocenters. The van der Waals surface area contributed by atoms with E-state index in [9.17, 15) is 9.59 Å². The van der Waals surface area contributed by atoms with Crippen molar-refractivity contribution in [1.82, 2.24) is 19.9 Å². The molecule has 1 saturated heterocycles. The van der Waals surface area contributed by atoms with Crippen LogP contribution in [-0.4, -0.2) is 64.7 Å². The van der Waals surface area contributed by atoms with Crippen molar-refractivity contribution in [2.45, 2.75) is 13.3 Å². The Morgan fingerprint density at radius 1 is 1.09 bits per heavy atom. The largest absolute Gasteiger partial charge is 0.416 e. The summed E-state index contributed by atoms with van der Waals surface area (Å²) in [4.78, 5) is 32.7. The van der Waals surface area contributed by atoms with Gasteiger partial charge in [-0.3, -0.25) is 9.69 Å². The van der Waals surface area contributed by atoms with Crippen LogP contribution in [0.25, 0.3) is 0 Å². The molecule has 0 aliphatic carbocycles. The number of aromatic nitrogens is 2. The first-order chi connectivity index (χ1) is 15.6. The summed E-state index contributed by atoms with van der Waals surface area (Å²) in [6.07, 6.45) is 1.83. The topological polar surface area (TPSA) is 101 Å². The summed E-state index contributed by atoms with van der Waals surface area (Å²) in [6, 6.07) is 14.1. The molecule has 0 bridgehead atoms. The van der Waals surface area contributed by atoms with Crippen LogP contribution in [0.2, 0.25) is 0 Å². The number of piperazine rings is 1. The highest BCUT2D eigenvalue weighted by Gasteiger charge is 2.23. The van der Waals surface area contributed by atoms with Gasteiger partial charge in [0.2, 0.25) is 5.88 Å². The molecule has 32 heavy (non-hydrogen) atoms. The summed E-state index contributed by atoms with van der Waals surface area (Å²) in [5, 5.41) is 6.66. The van der Waals surface area contributed by atoms with E-state index in [1.807, 2.05) is 19.1 Å². The smallest absolute Gasteiger partial charge is 0.391 e. The number of nitrogens with one attached hydrogen (secondary N) is 1. The molecular weight excluding hydrogens is 410 g/mol. The Labute approximate surface area is 186 Å². The molecule has 9 heteroatoms. The van der Waals surface area contributed by atoms with Crippen molar-refractivity contribution in [1.29, 1.82) is 0 Å². The minimum absolute atomic E-state index is 0.191. The fourth-order valence-corrected chi connectivity index (χ4v) is 3.42. The standard InChI is InChI=1S/C23H25N5O4/c1-17-15-20(32-26-17)9-10-27-11-13-28(14-12-27)23(30)31-21-8-7-19(16-24-21)25-22(29)18-5-3-2-4-6-18/h2-8,15-16H,9-14H2,1H3,(H,25,29). The molecule has 1 aliphatic rings. The molecule has 1 aliphatic heterocycles. The van der Waals surface area contributed by atoms with E-state index in [4.69, 9.17) is 9.26 Å². The lowest BCUT2D eigenvalue weighted by molar-refractivity contribution is 0.102. The second-order valence-corrected chi connectivity index (χ2v) is 7.59. The first-order valence-electron chi connectivity index (χ1n) is 10.5. The van der Waals surface area contributed by atoms with Crippen LogP contribution < -0.4 is 10.1 Å². The minimum Gasteiger partial charge on any atom is -0.391 e. The van der Waals surface area contributed by atoms with Crippen LogP contribution >= 0.6 is 0 Å². The van der Waals surface area contributed by atoms with E-state index in [2.05, 4.69) is 20.4 Å². The summed E-state index contributed by atoms with van der Waals surface area (Å²) in [6.45, 7) is 5.45. The van der Waals surface area contributed by atoms with Gasteiger partial charge in [-0.15, -0.1) is 0 Å². The number of anilines is 1. The lowest BCUT2D eigenvalue weighted by Gasteiger charge is -2.33. The van der Waals surface area contributed by atoms with Crippen LogP contribution in [0.4, 0.5) is 10.5 Å². The molecule has 3 aromatic rings. The van der Waals surface area contributed by atoms with Gasteiger partial charge in [-0.05, 0) is 25.1 Å². The third kappa shape index (κ3) is 5.70. The van der Waals surface area contributed by atoms with Crippen LogP contribution in [0, 0.1) is 6.92 Å². The van der Waals surface area contributed by atoms with E-state index in [1.54, 1.807) is 41.3 Å². The number of nitrogens with zero attached hydrogens (tertiary/aromatic N) is 4. The van der Waals surface area contributed by atoms with Gasteiger partial charge in [-0.1, -0.05) is 23.4 Å². The van der Waals surface area contributed by atoms with Gasteiger partial charge >= 0.3 is 6.09 Å². The van der Waals surface area contributed by atoms with Crippen molar-refractivity contribution >= 4 is 17.7 Å². The molecular formula is C23H25N5O4. The lowest BCUT2D eigenvalue weighted by Crippen LogP contribution is -2.49. The molecule has 9 nitrogen and oxygen atoms in total. The number of benzene rings is 1. The second kappa shape index (κ2) is 10.1. The molecule has 2 amide bonds. The highest BCUT2D eigenvalue weighted by atomic mass is 16.6. The number of aryl methyl sites for hydroxylation is 1. The number of ether oxygens (including phenoxy) is 1. The summed E-state index contributed by atoms with van der Waals surface area (Å²) < 4.78 is 10.6. The van der Waals surface area contributed by atoms with E-state index in [0.717, 1.165) is 37.5 Å². The third-order valence-corrected chi connectivity index (χ3v) is 5.20. The Balaban J connectivity index is 1.21. The summed E-state index contributed by atoms with van der Waals surface area (Å²) >= 11 is 0. The van der Waals surface area contributed by atoms with E-state index in [1.165, 1.54) is 6.20 Å². The summed E-state index contributed by atoms with van der Waals surface area (Å²) in [5.41, 5.74) is 1.96. The van der Waals surface area contributed by atoms with Crippen molar-refractivity contribution in [3.05, 3.63) is 71.7 Å². The van der Waals surface area contributed by atoms with Gasteiger partial charge in [0, 0.05) is 56.8 Å². The van der Waals surface area contributed by atoms with Gasteiger partial charge in [0.15, 0.2) is 0 Å². The average molecular weight is 435 g/mol. The van der Waals surface area contributed by atoms with Crippen molar-refractivity contribution in [3.8, 4) is 5.88 Å². The molecule has 166 valence electrons. The van der Waals surface area contributed by atoms with Crippen molar-refractivity contribution < 1.29 is 18.8 Å². The maximum Gasteiger partial charge on any atom is 0.416 e. The number of carbonyl (C=O) groups is 2. The zero-order valence-corrected chi connectivity index (χ0v) is 17.9. The van der Waals surface area contributed by atoms with Crippen molar-refractivity contribution in [2.75, 3.05) is 38.0 Å². The molecule has 0 saturated carbocycles. The van der Waals surface area contributed by atoms with Crippen LogP contribution in [0.15, 0.2) is 59.3 Å². The molecule has 0 atom stereocenters. The van der Waals surface area contributed by atoms with Crippen LogP contribution in [0.5, 0.6) is 5.88 Å². The summed E-state index contributed by atoms with van der Waals surface area (Å²) in [7, 11) is 0. The average Bonchev–Trinajstić information content (AvgIpc) is 3.25. The number of pyridine rings is 1. The number of rotatable bonds is 6. The number of hydrogen-bond donors (Lipinski definition) is 1. The predicted octanol–water partition coefficient (Wildman–Crippen LogP) is 2.99. The van der Waals surface area contributed by atoms with Crippen molar-refractivity contribution in [2.24, 2.45) is 0 Å². The molecule has 4 rings (SSSR count). The van der Waals surface area contributed by atoms with E-state index in [0.29, 0.717) is 24.3 Å². The first-order valence-corrected chi connectivity index (χ1v) is 10.5. The van der Waals surface area contributed by atoms with Gasteiger partial charge in [0.1, 0.15) is 5.76 Å². The van der Waals surface area contributed by atoms with E-state index in [-0.39, 0.29) is 11.8 Å². The number of carbonyl (C=O) groups excluding carboxylic acids is 2. The highest BCUT2D eigenvalue weighted by Crippen LogP contribution is 2.15. The van der Waals surface area contributed by atoms with Gasteiger partial charge in [-0.2, -0.15) is 0 Å². The predicted molar refractivity (Wildman–Crippen MR) is 118 cm³/mol. The monoisotopic (exact) mass is 435 g/mol. The highest BCUT2D eigenvalue weighted by molar-refractivity contribution is 6.04. The third-order valence-electron chi connectivity index (χ3n) is 5.20. The summed E-state index contributed by atoms with van der Waals surface area (Å²) in [5.74, 6) is 0.836. The molecule has 0 radical (unpaired) electrons. The van der Waals surface area contributed by atoms with Crippen LogP contribution in [-0.2, 0) is 6.42 Å². The molecule has 3 heterocycles. The maximum atomic E-state index is 12.5. The van der Waals surface area contributed by atoms with Crippen molar-refractivity contribution in [3.63, 3.8) is 0 Å². The van der Waals surface area contributed by atoms with E-state index < -0.39 is 6.09 Å². The number of amides is 2. The lowest BCUT2D eigenvalue weighted by atomic mass is 10.2. The normalized spacial score (nSPS) is 14.2. The molecule has 1 N–H and O–H groups in total. The van der Waals surface area contributed by atoms with E-state index >= 15 is 0 Å². The Kier molecular flexibility index (Phi) is 6.76. The van der Waals surface area contributed by atoms with Crippen LogP contribution in [0.1, 0.15) is 21.8 Å². The molecule has 0 spiro atoms. The molecule has 1 fully saturated rings. The van der Waals surface area contributed by atoms with Gasteiger partial charge in [0.25, 0.3) is 5.91 Å². The first kappa shape index (κ1) is 21.5. The fourth-order valence-electron chi connectivity index (χ4n) is 3.42. The minimum atomic E-state index is -0.427. The molecule has 2 aromatic heterocycles. The quantitative estimate of drug-likeness (QED) is 0.635. The fraction of sp³-hybridized carbons (Fsp3) is 0.304. The second-order valence-electron chi connectivity index (χ2n) is 7.59. The zero-order valence-electron chi connectivity index (χ0n) is 17.9. The maximum absolute atomic E-state index is 12.5. The van der Waals surface area contributed by atoms with Gasteiger partial charge in [-0.25, -0.2) is 9.78 Å². The Hall–Kier alpha value is -3.72. The van der Waals surface area contributed by atoms with Crippen LogP contribution in [0.3, 0.4) is 0 Å². The Morgan fingerprint density at radius 2 is 1.88 bits per heavy atom. The van der Waals surface area contributed by atoms with Gasteiger partial charge in [0.05, 0.1) is 17.6 Å². The zero-order chi connectivity index (χ0) is 22.3. The Bertz CT molecular complexity index is 1040. The number of hydrogen-bond acceptors (Lipinski definition) is 7. The van der Waals surface area contributed by atoms with Gasteiger partial charge < -0.3 is 19.5 Å². The molecule has 1 aromatic carbocycles. The Morgan fingerprint density at radius 3 is 2.53 bits per heavy atom.